The molecule has 0 saturated heterocycles. The van der Waals surface area contributed by atoms with Crippen molar-refractivity contribution in [2.45, 2.75) is 32.9 Å². The summed E-state index contributed by atoms with van der Waals surface area (Å²) in [5.41, 5.74) is 2.51. The van der Waals surface area contributed by atoms with Gasteiger partial charge in [-0.15, -0.1) is 5.10 Å². The average Bonchev–Trinajstić information content (AvgIpc) is 3.12. The summed E-state index contributed by atoms with van der Waals surface area (Å²) in [6.07, 6.45) is 0.928. The van der Waals surface area contributed by atoms with E-state index in [9.17, 15) is 18.8 Å². The number of carbonyl (C=O) groups excluding carboxylic acids is 2. The van der Waals surface area contributed by atoms with Crippen LogP contribution in [0.15, 0.2) is 57.7 Å². The Balaban J connectivity index is 1.51. The lowest BCUT2D eigenvalue weighted by atomic mass is 10.1. The number of carbonyl (C=O) groups is 2. The molecule has 0 radical (unpaired) electrons. The Morgan fingerprint density at radius 3 is 2.48 bits per heavy atom. The number of benzene rings is 2. The summed E-state index contributed by atoms with van der Waals surface area (Å²) < 4.78 is 23.7. The molecule has 9 heteroatoms. The standard InChI is InChI=1S/C22H22FN3O5/c1-3-15-4-6-16(7-5-15)14(2)24-19(27)13-30-20(28)12-26-22(29)31-21(25-26)17-8-10-18(23)11-9-17/h4-11,14H,3,12-13H2,1-2H3,(H,24,27). The minimum absolute atomic E-state index is 0.0570. The van der Waals surface area contributed by atoms with Crippen LogP contribution in [0.4, 0.5) is 4.39 Å². The zero-order valence-corrected chi connectivity index (χ0v) is 17.1. The Kier molecular flexibility index (Phi) is 6.96. The van der Waals surface area contributed by atoms with Crippen molar-refractivity contribution in [1.82, 2.24) is 15.1 Å². The summed E-state index contributed by atoms with van der Waals surface area (Å²) in [7, 11) is 0. The lowest BCUT2D eigenvalue weighted by molar-refractivity contribution is -0.149. The first-order chi connectivity index (χ1) is 14.9. The predicted molar refractivity (Wildman–Crippen MR) is 109 cm³/mol. The van der Waals surface area contributed by atoms with Crippen molar-refractivity contribution in [3.63, 3.8) is 0 Å². The SMILES string of the molecule is CCc1ccc(C(C)NC(=O)COC(=O)Cn2nc(-c3ccc(F)cc3)oc2=O)cc1. The molecule has 0 saturated carbocycles. The normalized spacial score (nSPS) is 11.7. The second kappa shape index (κ2) is 9.84. The van der Waals surface area contributed by atoms with Gasteiger partial charge in [-0.05, 0) is 48.7 Å². The van der Waals surface area contributed by atoms with Crippen LogP contribution in [0.2, 0.25) is 0 Å². The third-order valence-corrected chi connectivity index (χ3v) is 4.61. The average molecular weight is 427 g/mol. The van der Waals surface area contributed by atoms with E-state index in [1.54, 1.807) is 0 Å². The van der Waals surface area contributed by atoms with Gasteiger partial charge < -0.3 is 14.5 Å². The van der Waals surface area contributed by atoms with Crippen LogP contribution in [-0.2, 0) is 27.3 Å². The number of ether oxygens (including phenoxy) is 1. The summed E-state index contributed by atoms with van der Waals surface area (Å²) >= 11 is 0. The molecule has 1 unspecified atom stereocenters. The summed E-state index contributed by atoms with van der Waals surface area (Å²) in [6, 6.07) is 12.8. The van der Waals surface area contributed by atoms with Crippen LogP contribution in [0, 0.1) is 5.82 Å². The van der Waals surface area contributed by atoms with Gasteiger partial charge in [-0.25, -0.2) is 9.18 Å². The number of nitrogens with zero attached hydrogens (tertiary/aromatic N) is 2. The van der Waals surface area contributed by atoms with E-state index in [1.807, 2.05) is 31.2 Å². The Hall–Kier alpha value is -3.75. The summed E-state index contributed by atoms with van der Waals surface area (Å²) in [6.45, 7) is 2.87. The Bertz CT molecular complexity index is 1100. The van der Waals surface area contributed by atoms with E-state index in [1.165, 1.54) is 29.8 Å². The Morgan fingerprint density at radius 1 is 1.16 bits per heavy atom. The van der Waals surface area contributed by atoms with Crippen molar-refractivity contribution in [2.24, 2.45) is 0 Å². The number of halogens is 1. The molecule has 1 aromatic heterocycles. The first-order valence-electron chi connectivity index (χ1n) is 9.73. The van der Waals surface area contributed by atoms with Crippen LogP contribution >= 0.6 is 0 Å². The van der Waals surface area contributed by atoms with Crippen molar-refractivity contribution in [3.05, 3.63) is 76.0 Å². The highest BCUT2D eigenvalue weighted by molar-refractivity contribution is 5.80. The monoisotopic (exact) mass is 427 g/mol. The molecule has 8 nitrogen and oxygen atoms in total. The highest BCUT2D eigenvalue weighted by atomic mass is 19.1. The van der Waals surface area contributed by atoms with Gasteiger partial charge in [-0.1, -0.05) is 31.2 Å². The number of aryl methyl sites for hydroxylation is 1. The van der Waals surface area contributed by atoms with Crippen molar-refractivity contribution in [1.29, 1.82) is 0 Å². The molecule has 31 heavy (non-hydrogen) atoms. The number of hydrogen-bond donors (Lipinski definition) is 1. The van der Waals surface area contributed by atoms with Crippen LogP contribution in [0.3, 0.4) is 0 Å². The number of aromatic nitrogens is 2. The first-order valence-corrected chi connectivity index (χ1v) is 9.73. The number of esters is 1. The number of rotatable bonds is 8. The molecule has 0 aliphatic heterocycles. The van der Waals surface area contributed by atoms with E-state index < -0.39 is 36.6 Å². The molecule has 0 aliphatic carbocycles. The molecule has 162 valence electrons. The molecule has 3 aromatic rings. The van der Waals surface area contributed by atoms with E-state index in [-0.39, 0.29) is 11.9 Å². The van der Waals surface area contributed by atoms with E-state index in [2.05, 4.69) is 17.3 Å². The highest BCUT2D eigenvalue weighted by Crippen LogP contribution is 2.16. The van der Waals surface area contributed by atoms with Crippen molar-refractivity contribution in [3.8, 4) is 11.5 Å². The Labute approximate surface area is 177 Å². The van der Waals surface area contributed by atoms with Gasteiger partial charge in [-0.3, -0.25) is 9.59 Å². The molecule has 1 atom stereocenters. The van der Waals surface area contributed by atoms with Crippen molar-refractivity contribution in [2.75, 3.05) is 6.61 Å². The molecule has 1 heterocycles. The highest BCUT2D eigenvalue weighted by Gasteiger charge is 2.16. The molecule has 0 bridgehead atoms. The number of nitrogens with one attached hydrogen (secondary N) is 1. The first kappa shape index (κ1) is 21.9. The molecule has 0 spiro atoms. The topological polar surface area (TPSA) is 103 Å². The van der Waals surface area contributed by atoms with Gasteiger partial charge in [0.15, 0.2) is 6.61 Å². The smallest absolute Gasteiger partial charge is 0.437 e. The third-order valence-electron chi connectivity index (χ3n) is 4.61. The molecular formula is C22H22FN3O5. The molecule has 2 aromatic carbocycles. The van der Waals surface area contributed by atoms with Gasteiger partial charge >= 0.3 is 11.7 Å². The van der Waals surface area contributed by atoms with Gasteiger partial charge in [-0.2, -0.15) is 4.68 Å². The largest absolute Gasteiger partial charge is 0.454 e. The summed E-state index contributed by atoms with van der Waals surface area (Å²) in [4.78, 5) is 35.9. The second-order valence-electron chi connectivity index (χ2n) is 6.88. The molecule has 1 N–H and O–H groups in total. The molecule has 0 aliphatic rings. The quantitative estimate of drug-likeness (QED) is 0.555. The summed E-state index contributed by atoms with van der Waals surface area (Å²) in [5, 5.41) is 6.64. The maximum absolute atomic E-state index is 13.0. The fourth-order valence-electron chi connectivity index (χ4n) is 2.84. The van der Waals surface area contributed by atoms with Crippen LogP contribution in [0.1, 0.15) is 31.0 Å². The fourth-order valence-corrected chi connectivity index (χ4v) is 2.84. The minimum atomic E-state index is -0.870. The number of hydrogen-bond acceptors (Lipinski definition) is 6. The van der Waals surface area contributed by atoms with Crippen molar-refractivity contribution < 1.29 is 23.1 Å². The predicted octanol–water partition coefficient (Wildman–Crippen LogP) is 2.63. The van der Waals surface area contributed by atoms with Gasteiger partial charge in [0, 0.05) is 5.56 Å². The van der Waals surface area contributed by atoms with Gasteiger partial charge in [0.05, 0.1) is 6.04 Å². The van der Waals surface area contributed by atoms with Crippen molar-refractivity contribution >= 4 is 11.9 Å². The zero-order chi connectivity index (χ0) is 22.4. The molecule has 1 amide bonds. The van der Waals surface area contributed by atoms with Crippen LogP contribution in [0.25, 0.3) is 11.5 Å². The van der Waals surface area contributed by atoms with Crippen LogP contribution in [-0.4, -0.2) is 28.3 Å². The zero-order valence-electron chi connectivity index (χ0n) is 17.1. The van der Waals surface area contributed by atoms with E-state index in [4.69, 9.17) is 9.15 Å². The number of amides is 1. The van der Waals surface area contributed by atoms with Gasteiger partial charge in [0.25, 0.3) is 5.91 Å². The Morgan fingerprint density at radius 2 is 1.84 bits per heavy atom. The van der Waals surface area contributed by atoms with E-state index in [0.717, 1.165) is 16.7 Å². The maximum atomic E-state index is 13.0. The summed E-state index contributed by atoms with van der Waals surface area (Å²) in [5.74, 6) is -2.67. The second-order valence-corrected chi connectivity index (χ2v) is 6.88. The lowest BCUT2D eigenvalue weighted by Crippen LogP contribution is -2.32. The minimum Gasteiger partial charge on any atom is -0.454 e. The van der Waals surface area contributed by atoms with E-state index >= 15 is 0 Å². The van der Waals surface area contributed by atoms with Crippen LogP contribution in [0.5, 0.6) is 0 Å². The lowest BCUT2D eigenvalue weighted by Gasteiger charge is -2.14. The fraction of sp³-hybridized carbons (Fsp3) is 0.273. The van der Waals surface area contributed by atoms with Gasteiger partial charge in [0.2, 0.25) is 5.89 Å². The molecule has 3 rings (SSSR count). The molecular weight excluding hydrogens is 405 g/mol. The molecule has 0 fully saturated rings. The van der Waals surface area contributed by atoms with Crippen LogP contribution < -0.4 is 11.1 Å². The maximum Gasteiger partial charge on any atom is 0.437 e. The van der Waals surface area contributed by atoms with Gasteiger partial charge in [0.1, 0.15) is 12.4 Å². The third kappa shape index (κ3) is 5.88. The van der Waals surface area contributed by atoms with E-state index in [0.29, 0.717) is 5.56 Å².